The van der Waals surface area contributed by atoms with Crippen molar-refractivity contribution in [2.45, 2.75) is 13.5 Å². The summed E-state index contributed by atoms with van der Waals surface area (Å²) in [7, 11) is 3.96. The Labute approximate surface area is 163 Å². The van der Waals surface area contributed by atoms with E-state index < -0.39 is 0 Å². The maximum Gasteiger partial charge on any atom is 0.322 e. The van der Waals surface area contributed by atoms with Gasteiger partial charge in [0, 0.05) is 35.4 Å². The molecule has 0 bridgehead atoms. The van der Waals surface area contributed by atoms with Crippen LogP contribution in [0.2, 0.25) is 0 Å². The molecular weight excluding hydrogens is 394 g/mol. The fourth-order valence-electron chi connectivity index (χ4n) is 2.40. The number of nitrogens with one attached hydrogen (secondary N) is 1. The molecule has 0 radical (unpaired) electrons. The number of anilines is 1. The molecule has 2 aromatic rings. The second kappa shape index (κ2) is 9.50. The molecule has 26 heavy (non-hydrogen) atoms. The number of urea groups is 1. The Balaban J connectivity index is 2.12. The first-order chi connectivity index (χ1) is 12.3. The van der Waals surface area contributed by atoms with Crippen LogP contribution in [0.25, 0.3) is 0 Å². The molecule has 0 aliphatic rings. The van der Waals surface area contributed by atoms with Gasteiger partial charge in [0.1, 0.15) is 0 Å². The molecule has 2 rings (SSSR count). The van der Waals surface area contributed by atoms with Crippen LogP contribution in [-0.4, -0.2) is 48.8 Å². The first-order valence-corrected chi connectivity index (χ1v) is 9.20. The lowest BCUT2D eigenvalue weighted by Crippen LogP contribution is -2.39. The van der Waals surface area contributed by atoms with Crippen LogP contribution in [-0.2, 0) is 6.54 Å². The predicted molar refractivity (Wildman–Crippen MR) is 109 cm³/mol. The summed E-state index contributed by atoms with van der Waals surface area (Å²) in [6, 6.07) is 14.7. The van der Waals surface area contributed by atoms with E-state index in [9.17, 15) is 9.59 Å². The number of hydrogen-bond donors (Lipinski definition) is 1. The van der Waals surface area contributed by atoms with Crippen molar-refractivity contribution in [1.29, 1.82) is 0 Å². The first kappa shape index (κ1) is 20.1. The Morgan fingerprint density at radius 1 is 1.04 bits per heavy atom. The Morgan fingerprint density at radius 3 is 2.35 bits per heavy atom. The lowest BCUT2D eigenvalue weighted by atomic mass is 10.1. The fraction of sp³-hybridized carbons (Fsp3) is 0.300. The van der Waals surface area contributed by atoms with Gasteiger partial charge in [-0.3, -0.25) is 4.79 Å². The lowest BCUT2D eigenvalue weighted by Gasteiger charge is -2.25. The minimum Gasteiger partial charge on any atom is -0.319 e. The SMILES string of the molecule is CC(=O)c1cccc(NC(=O)N(CCN(C)C)Cc2ccc(Br)cc2)c1. The quantitative estimate of drug-likeness (QED) is 0.685. The average Bonchev–Trinajstić information content (AvgIpc) is 2.60. The fourth-order valence-corrected chi connectivity index (χ4v) is 2.67. The summed E-state index contributed by atoms with van der Waals surface area (Å²) in [6.07, 6.45) is 0. The monoisotopic (exact) mass is 417 g/mol. The molecule has 0 atom stereocenters. The Hall–Kier alpha value is -2.18. The van der Waals surface area contributed by atoms with Crippen molar-refractivity contribution in [2.24, 2.45) is 0 Å². The van der Waals surface area contributed by atoms with Crippen LogP contribution in [0.15, 0.2) is 53.0 Å². The van der Waals surface area contributed by atoms with Crippen LogP contribution in [0.1, 0.15) is 22.8 Å². The second-order valence-electron chi connectivity index (χ2n) is 6.42. The van der Waals surface area contributed by atoms with E-state index in [1.807, 2.05) is 43.3 Å². The van der Waals surface area contributed by atoms with Crippen molar-refractivity contribution in [2.75, 3.05) is 32.5 Å². The number of likely N-dealkylation sites (N-methyl/N-ethyl adjacent to an activating group) is 1. The molecule has 0 saturated carbocycles. The van der Waals surface area contributed by atoms with Crippen molar-refractivity contribution >= 4 is 33.4 Å². The highest BCUT2D eigenvalue weighted by Crippen LogP contribution is 2.15. The first-order valence-electron chi connectivity index (χ1n) is 8.41. The molecule has 0 aromatic heterocycles. The van der Waals surface area contributed by atoms with Gasteiger partial charge in [-0.05, 0) is 50.8 Å². The van der Waals surface area contributed by atoms with Gasteiger partial charge < -0.3 is 15.1 Å². The van der Waals surface area contributed by atoms with Crippen molar-refractivity contribution in [1.82, 2.24) is 9.80 Å². The Morgan fingerprint density at radius 2 is 1.73 bits per heavy atom. The van der Waals surface area contributed by atoms with Gasteiger partial charge in [-0.25, -0.2) is 4.79 Å². The van der Waals surface area contributed by atoms with E-state index in [-0.39, 0.29) is 11.8 Å². The zero-order valence-electron chi connectivity index (χ0n) is 15.3. The highest BCUT2D eigenvalue weighted by Gasteiger charge is 2.15. The van der Waals surface area contributed by atoms with Crippen LogP contribution in [0.3, 0.4) is 0 Å². The molecule has 0 saturated heterocycles. The number of halogens is 1. The molecule has 1 N–H and O–H groups in total. The van der Waals surface area contributed by atoms with Gasteiger partial charge in [-0.1, -0.05) is 40.2 Å². The van der Waals surface area contributed by atoms with Crippen molar-refractivity contribution < 1.29 is 9.59 Å². The number of amides is 2. The number of hydrogen-bond acceptors (Lipinski definition) is 3. The maximum atomic E-state index is 12.8. The topological polar surface area (TPSA) is 52.7 Å². The normalized spacial score (nSPS) is 10.7. The van der Waals surface area contributed by atoms with Gasteiger partial charge in [-0.15, -0.1) is 0 Å². The van der Waals surface area contributed by atoms with Crippen molar-refractivity contribution in [3.05, 3.63) is 64.1 Å². The molecule has 0 heterocycles. The standard InChI is InChI=1S/C20H24BrN3O2/c1-15(25)17-5-4-6-19(13-17)22-20(26)24(12-11-23(2)3)14-16-7-9-18(21)10-8-16/h4-10,13H,11-12,14H2,1-3H3,(H,22,26). The number of carbonyl (C=O) groups is 2. The van der Waals surface area contributed by atoms with Crippen LogP contribution in [0.4, 0.5) is 10.5 Å². The average molecular weight is 418 g/mol. The van der Waals surface area contributed by atoms with E-state index in [0.29, 0.717) is 24.3 Å². The summed E-state index contributed by atoms with van der Waals surface area (Å²) in [5.74, 6) is -0.0274. The van der Waals surface area contributed by atoms with Crippen LogP contribution < -0.4 is 5.32 Å². The molecule has 0 fully saturated rings. The lowest BCUT2D eigenvalue weighted by molar-refractivity contribution is 0.101. The van der Waals surface area contributed by atoms with E-state index in [2.05, 4.69) is 21.2 Å². The van der Waals surface area contributed by atoms with E-state index in [4.69, 9.17) is 0 Å². The van der Waals surface area contributed by atoms with E-state index >= 15 is 0 Å². The van der Waals surface area contributed by atoms with Gasteiger partial charge in [0.2, 0.25) is 0 Å². The minimum absolute atomic E-state index is 0.0274. The van der Waals surface area contributed by atoms with E-state index in [1.54, 1.807) is 29.2 Å². The third-order valence-electron chi connectivity index (χ3n) is 3.91. The van der Waals surface area contributed by atoms with Gasteiger partial charge in [0.25, 0.3) is 0 Å². The summed E-state index contributed by atoms with van der Waals surface area (Å²) in [5.41, 5.74) is 2.25. The smallest absolute Gasteiger partial charge is 0.319 e. The number of ketones is 1. The number of benzene rings is 2. The summed E-state index contributed by atoms with van der Waals surface area (Å²) in [4.78, 5) is 28.1. The summed E-state index contributed by atoms with van der Waals surface area (Å²) >= 11 is 3.43. The van der Waals surface area contributed by atoms with Gasteiger partial charge in [0.15, 0.2) is 5.78 Å². The van der Waals surface area contributed by atoms with Gasteiger partial charge in [-0.2, -0.15) is 0 Å². The molecule has 6 heteroatoms. The van der Waals surface area contributed by atoms with E-state index in [0.717, 1.165) is 16.6 Å². The summed E-state index contributed by atoms with van der Waals surface area (Å²) < 4.78 is 1.01. The highest BCUT2D eigenvalue weighted by molar-refractivity contribution is 9.10. The zero-order valence-corrected chi connectivity index (χ0v) is 16.9. The second-order valence-corrected chi connectivity index (χ2v) is 7.33. The number of carbonyl (C=O) groups excluding carboxylic acids is 2. The van der Waals surface area contributed by atoms with Crippen LogP contribution >= 0.6 is 15.9 Å². The van der Waals surface area contributed by atoms with Crippen LogP contribution in [0.5, 0.6) is 0 Å². The van der Waals surface area contributed by atoms with Crippen LogP contribution in [0, 0.1) is 0 Å². The Bertz CT molecular complexity index is 760. The highest BCUT2D eigenvalue weighted by atomic mass is 79.9. The van der Waals surface area contributed by atoms with Gasteiger partial charge in [0.05, 0.1) is 0 Å². The summed E-state index contributed by atoms with van der Waals surface area (Å²) in [6.45, 7) is 3.38. The molecule has 0 aliphatic carbocycles. The third-order valence-corrected chi connectivity index (χ3v) is 4.44. The molecule has 0 aliphatic heterocycles. The number of Topliss-reactive ketones (excluding diaryl/α,β-unsaturated/α-hetero) is 1. The minimum atomic E-state index is -0.185. The predicted octanol–water partition coefficient (Wildman–Crippen LogP) is 4.25. The number of nitrogens with zero attached hydrogens (tertiary/aromatic N) is 2. The molecule has 0 unspecified atom stereocenters. The van der Waals surface area contributed by atoms with Crippen molar-refractivity contribution in [3.63, 3.8) is 0 Å². The molecular formula is C20H24BrN3O2. The molecule has 2 aromatic carbocycles. The maximum absolute atomic E-state index is 12.8. The Kier molecular flexibility index (Phi) is 7.36. The zero-order chi connectivity index (χ0) is 19.1. The molecule has 2 amide bonds. The molecule has 5 nitrogen and oxygen atoms in total. The largest absolute Gasteiger partial charge is 0.322 e. The third kappa shape index (κ3) is 6.28. The summed E-state index contributed by atoms with van der Waals surface area (Å²) in [5, 5.41) is 2.90. The molecule has 0 spiro atoms. The number of rotatable bonds is 7. The van der Waals surface area contributed by atoms with E-state index in [1.165, 1.54) is 6.92 Å². The molecule has 138 valence electrons. The van der Waals surface area contributed by atoms with Gasteiger partial charge >= 0.3 is 6.03 Å². The van der Waals surface area contributed by atoms with Crippen molar-refractivity contribution in [3.8, 4) is 0 Å².